The Bertz CT molecular complexity index is 1320. The predicted octanol–water partition coefficient (Wildman–Crippen LogP) is 8.36. The molecule has 2 heteroatoms. The largest absolute Gasteiger partial charge is 0.252 e. The van der Waals surface area contributed by atoms with Crippen molar-refractivity contribution in [3.8, 4) is 11.3 Å². The van der Waals surface area contributed by atoms with Crippen molar-refractivity contribution in [2.24, 2.45) is 10.8 Å². The van der Waals surface area contributed by atoms with Crippen molar-refractivity contribution in [3.63, 3.8) is 0 Å². The molecule has 0 bridgehead atoms. The van der Waals surface area contributed by atoms with Gasteiger partial charge in [0, 0.05) is 5.56 Å². The maximum atomic E-state index is 5.15. The van der Waals surface area contributed by atoms with Crippen LogP contribution in [-0.4, -0.2) is 9.97 Å². The van der Waals surface area contributed by atoms with E-state index in [1.54, 1.807) is 0 Å². The summed E-state index contributed by atoms with van der Waals surface area (Å²) >= 11 is 0. The van der Waals surface area contributed by atoms with Crippen molar-refractivity contribution < 1.29 is 0 Å². The first kappa shape index (κ1) is 29.2. The van der Waals surface area contributed by atoms with E-state index in [-0.39, 0.29) is 10.8 Å². The van der Waals surface area contributed by atoms with Gasteiger partial charge in [0.15, 0.2) is 0 Å². The van der Waals surface area contributed by atoms with Gasteiger partial charge in [-0.05, 0) is 74.7 Å². The van der Waals surface area contributed by atoms with Crippen LogP contribution in [0.2, 0.25) is 0 Å². The second kappa shape index (κ2) is 11.8. The Morgan fingerprint density at radius 3 is 1.50 bits per heavy atom. The van der Waals surface area contributed by atoms with Crippen molar-refractivity contribution in [1.82, 2.24) is 9.97 Å². The maximum absolute atomic E-state index is 5.15. The molecule has 0 aliphatic rings. The Kier molecular flexibility index (Phi) is 9.60. The fourth-order valence-corrected chi connectivity index (χ4v) is 3.30. The molecule has 0 atom stereocenters. The number of rotatable bonds is 5. The van der Waals surface area contributed by atoms with Crippen molar-refractivity contribution >= 4 is 11.1 Å². The van der Waals surface area contributed by atoms with Gasteiger partial charge in [-0.1, -0.05) is 107 Å². The zero-order valence-electron chi connectivity index (χ0n) is 24.7. The third kappa shape index (κ3) is 7.75. The summed E-state index contributed by atoms with van der Waals surface area (Å²) in [5.41, 5.74) is 9.63. The van der Waals surface area contributed by atoms with Gasteiger partial charge in [-0.15, -0.1) is 0 Å². The molecule has 0 aliphatic heterocycles. The highest BCUT2D eigenvalue weighted by Crippen LogP contribution is 2.26. The van der Waals surface area contributed by atoms with Gasteiger partial charge in [-0.25, -0.2) is 4.98 Å². The molecule has 0 amide bonds. The Morgan fingerprint density at radius 2 is 1.06 bits per heavy atom. The number of nitrogens with zero attached hydrogens (tertiary/aromatic N) is 2. The van der Waals surface area contributed by atoms with E-state index >= 15 is 0 Å². The first-order valence-corrected chi connectivity index (χ1v) is 12.9. The molecule has 0 spiro atoms. The lowest BCUT2D eigenvalue weighted by Gasteiger charge is -2.19. The number of allylic oxidation sites excluding steroid dienone is 8. The molecular weight excluding hydrogens is 436 g/mol. The summed E-state index contributed by atoms with van der Waals surface area (Å²) < 4.78 is 0. The van der Waals surface area contributed by atoms with E-state index < -0.39 is 0 Å². The van der Waals surface area contributed by atoms with Crippen LogP contribution in [0.4, 0.5) is 0 Å². The van der Waals surface area contributed by atoms with Crippen LogP contribution in [-0.2, 0) is 0 Å². The Labute approximate surface area is 220 Å². The fraction of sp³-hybridized carbons (Fsp3) is 0.412. The molecule has 0 saturated carbocycles. The van der Waals surface area contributed by atoms with Crippen LogP contribution in [0.25, 0.3) is 22.4 Å². The van der Waals surface area contributed by atoms with E-state index in [4.69, 9.17) is 9.97 Å². The number of hydrogen-bond donors (Lipinski definition) is 0. The summed E-state index contributed by atoms with van der Waals surface area (Å²) in [6, 6.07) is 10.3. The van der Waals surface area contributed by atoms with Gasteiger partial charge in [0.05, 0.1) is 22.6 Å². The zero-order chi connectivity index (χ0) is 27.3. The van der Waals surface area contributed by atoms with E-state index in [0.29, 0.717) is 0 Å². The monoisotopic (exact) mass is 482 g/mol. The molecule has 2 nitrogen and oxygen atoms in total. The van der Waals surface area contributed by atoms with Gasteiger partial charge < -0.3 is 0 Å². The van der Waals surface area contributed by atoms with Crippen LogP contribution in [0.5, 0.6) is 0 Å². The Hall–Kier alpha value is -3.00. The Morgan fingerprint density at radius 1 is 0.611 bits per heavy atom. The van der Waals surface area contributed by atoms with Crippen LogP contribution in [0.1, 0.15) is 83.1 Å². The lowest BCUT2D eigenvalue weighted by Crippen LogP contribution is -2.35. The van der Waals surface area contributed by atoms with Gasteiger partial charge in [-0.2, -0.15) is 0 Å². The molecule has 0 aliphatic carbocycles. The van der Waals surface area contributed by atoms with Gasteiger partial charge in [0.25, 0.3) is 0 Å². The molecule has 0 saturated heterocycles. The minimum absolute atomic E-state index is 0.147. The minimum Gasteiger partial charge on any atom is -0.252 e. The van der Waals surface area contributed by atoms with Crippen LogP contribution < -0.4 is 10.7 Å². The van der Waals surface area contributed by atoms with E-state index in [2.05, 4.69) is 120 Å². The zero-order valence-corrected chi connectivity index (χ0v) is 24.7. The Balaban J connectivity index is 2.83. The molecular formula is C34H46N2. The summed E-state index contributed by atoms with van der Waals surface area (Å²) in [6.45, 7) is 26.5. The second-order valence-corrected chi connectivity index (χ2v) is 12.0. The number of hydrogen-bond acceptors (Lipinski definition) is 2. The van der Waals surface area contributed by atoms with Gasteiger partial charge in [0.1, 0.15) is 0 Å². The summed E-state index contributed by atoms with van der Waals surface area (Å²) in [4.78, 5) is 10.1. The third-order valence-corrected chi connectivity index (χ3v) is 7.27. The highest BCUT2D eigenvalue weighted by atomic mass is 14.8. The lowest BCUT2D eigenvalue weighted by molar-refractivity contribution is 0.504. The molecule has 0 fully saturated rings. The topological polar surface area (TPSA) is 25.8 Å². The number of aromatic nitrogens is 2. The second-order valence-electron chi connectivity index (χ2n) is 12.0. The molecule has 0 N–H and O–H groups in total. The van der Waals surface area contributed by atoms with Crippen LogP contribution in [0.15, 0.2) is 83.1 Å². The predicted molar refractivity (Wildman–Crippen MR) is 159 cm³/mol. The molecule has 1 aromatic heterocycles. The minimum atomic E-state index is 0.147. The van der Waals surface area contributed by atoms with E-state index in [1.165, 1.54) is 22.3 Å². The normalized spacial score (nSPS) is 16.2. The van der Waals surface area contributed by atoms with Crippen LogP contribution in [0.3, 0.4) is 0 Å². The fourth-order valence-electron chi connectivity index (χ4n) is 3.30. The average Bonchev–Trinajstić information content (AvgIpc) is 2.83. The third-order valence-electron chi connectivity index (χ3n) is 7.27. The first-order chi connectivity index (χ1) is 16.6. The lowest BCUT2D eigenvalue weighted by atomic mass is 9.87. The van der Waals surface area contributed by atoms with Gasteiger partial charge >= 0.3 is 0 Å². The quantitative estimate of drug-likeness (QED) is 0.400. The smallest absolute Gasteiger partial charge is 0.0928 e. The molecule has 36 heavy (non-hydrogen) atoms. The van der Waals surface area contributed by atoms with Crippen LogP contribution >= 0.6 is 0 Å². The summed E-state index contributed by atoms with van der Waals surface area (Å²) in [6.07, 6.45) is 10.8. The molecule has 0 unspecified atom stereocenters. The van der Waals surface area contributed by atoms with Crippen molar-refractivity contribution in [1.29, 1.82) is 0 Å². The van der Waals surface area contributed by atoms with Crippen molar-refractivity contribution in [2.45, 2.75) is 83.1 Å². The van der Waals surface area contributed by atoms with Crippen LogP contribution in [0, 0.1) is 10.8 Å². The average molecular weight is 483 g/mol. The summed E-state index contributed by atoms with van der Waals surface area (Å²) in [5.74, 6) is 0. The molecule has 2 aromatic rings. The molecule has 1 heterocycles. The maximum Gasteiger partial charge on any atom is 0.0928 e. The first-order valence-electron chi connectivity index (χ1n) is 12.9. The van der Waals surface area contributed by atoms with Gasteiger partial charge in [0.2, 0.25) is 0 Å². The van der Waals surface area contributed by atoms with Crippen molar-refractivity contribution in [2.75, 3.05) is 0 Å². The van der Waals surface area contributed by atoms with E-state index in [0.717, 1.165) is 33.1 Å². The molecule has 0 radical (unpaired) electrons. The molecule has 2 rings (SSSR count). The van der Waals surface area contributed by atoms with Gasteiger partial charge in [-0.3, -0.25) is 4.98 Å². The number of benzene rings is 1. The SMILES string of the molecule is CC(/C(C)=C/C=C(\C)C(C)(C)C)=c1/ncc(-c2ccccc2)n/c1=C(C)\C(C)=C\C=C(/C)C(C)(C)C. The summed E-state index contributed by atoms with van der Waals surface area (Å²) in [5, 5.41) is 1.88. The summed E-state index contributed by atoms with van der Waals surface area (Å²) in [7, 11) is 0. The standard InChI is InChI=1S/C34H46N2/c1-23(18-20-25(3)33(7,8)9)27(5)31-32(28(6)24(2)19-21-26(4)34(10,11)12)36-30(22-35-31)29-16-14-13-15-17-29/h13-22H,1-12H3/b23-18+,24-19+,25-20+,26-21+,31-27-,32-28-. The van der Waals surface area contributed by atoms with E-state index in [1.807, 2.05) is 24.4 Å². The van der Waals surface area contributed by atoms with E-state index in [9.17, 15) is 0 Å². The molecule has 1 aromatic carbocycles. The molecule has 192 valence electrons. The van der Waals surface area contributed by atoms with Crippen molar-refractivity contribution in [3.05, 3.63) is 93.8 Å². The highest BCUT2D eigenvalue weighted by Gasteiger charge is 2.13. The highest BCUT2D eigenvalue weighted by molar-refractivity contribution is 5.67.